The van der Waals surface area contributed by atoms with Crippen molar-refractivity contribution in [2.75, 3.05) is 32.8 Å². The molecule has 2 aromatic rings. The Labute approximate surface area is 122 Å². The van der Waals surface area contributed by atoms with Crippen molar-refractivity contribution in [3.05, 3.63) is 29.5 Å². The number of rotatable bonds is 5. The molecule has 0 unspecified atom stereocenters. The molecule has 1 heterocycles. The van der Waals surface area contributed by atoms with Crippen molar-refractivity contribution >= 4 is 11.8 Å². The van der Waals surface area contributed by atoms with Crippen molar-refractivity contribution in [1.82, 2.24) is 9.97 Å². The van der Waals surface area contributed by atoms with Crippen molar-refractivity contribution < 1.29 is 14.2 Å². The standard InChI is InChI=1S/C14H17N4O3/c1-19-10-5-8(6-11(20-2)12(10)21-3)4-9-7-17-14(16)18-13(9)15/h5,7H,4H2,1-3H3,(H4,15,16,17,18). The van der Waals surface area contributed by atoms with Crippen LogP contribution in [0.5, 0.6) is 17.2 Å². The number of nitrogens with zero attached hydrogens (tertiary/aromatic N) is 2. The number of nitrogens with two attached hydrogens (primary N) is 2. The molecule has 1 aromatic heterocycles. The Morgan fingerprint density at radius 1 is 1.14 bits per heavy atom. The zero-order valence-electron chi connectivity index (χ0n) is 12.1. The molecule has 1 radical (unpaired) electrons. The average molecular weight is 289 g/mol. The molecule has 0 spiro atoms. The zero-order valence-corrected chi connectivity index (χ0v) is 12.1. The number of nitrogen functional groups attached to an aromatic ring is 2. The largest absolute Gasteiger partial charge is 0.493 e. The van der Waals surface area contributed by atoms with E-state index in [2.05, 4.69) is 16.0 Å². The monoisotopic (exact) mass is 289 g/mol. The van der Waals surface area contributed by atoms with E-state index in [1.807, 2.05) is 0 Å². The first-order valence-corrected chi connectivity index (χ1v) is 6.17. The van der Waals surface area contributed by atoms with E-state index in [-0.39, 0.29) is 5.95 Å². The van der Waals surface area contributed by atoms with Gasteiger partial charge < -0.3 is 25.7 Å². The van der Waals surface area contributed by atoms with E-state index in [0.29, 0.717) is 29.5 Å². The highest BCUT2D eigenvalue weighted by molar-refractivity contribution is 5.54. The van der Waals surface area contributed by atoms with E-state index in [1.54, 1.807) is 26.5 Å². The predicted octanol–water partition coefficient (Wildman–Crippen LogP) is 1.06. The minimum atomic E-state index is 0.144. The summed E-state index contributed by atoms with van der Waals surface area (Å²) >= 11 is 0. The average Bonchev–Trinajstić information content (AvgIpc) is 2.49. The third-order valence-electron chi connectivity index (χ3n) is 2.94. The van der Waals surface area contributed by atoms with Gasteiger partial charge in [0.1, 0.15) is 5.82 Å². The molecule has 0 amide bonds. The molecule has 0 aliphatic heterocycles. The van der Waals surface area contributed by atoms with Crippen LogP contribution in [0, 0.1) is 6.07 Å². The summed E-state index contributed by atoms with van der Waals surface area (Å²) in [5, 5.41) is 0. The highest BCUT2D eigenvalue weighted by Crippen LogP contribution is 2.38. The van der Waals surface area contributed by atoms with Gasteiger partial charge in [0.05, 0.1) is 21.3 Å². The first-order chi connectivity index (χ1) is 10.1. The van der Waals surface area contributed by atoms with Crippen LogP contribution in [0.2, 0.25) is 0 Å². The summed E-state index contributed by atoms with van der Waals surface area (Å²) in [7, 11) is 4.64. The van der Waals surface area contributed by atoms with Gasteiger partial charge in [-0.15, -0.1) is 0 Å². The predicted molar refractivity (Wildman–Crippen MR) is 78.6 cm³/mol. The van der Waals surface area contributed by atoms with Gasteiger partial charge in [-0.1, -0.05) is 0 Å². The summed E-state index contributed by atoms with van der Waals surface area (Å²) in [6.07, 6.45) is 2.07. The number of anilines is 2. The number of methoxy groups -OCH3 is 3. The van der Waals surface area contributed by atoms with Crippen LogP contribution in [0.1, 0.15) is 11.1 Å². The lowest BCUT2D eigenvalue weighted by Crippen LogP contribution is -2.04. The molecular weight excluding hydrogens is 272 g/mol. The molecular formula is C14H17N4O3. The fourth-order valence-corrected chi connectivity index (χ4v) is 1.93. The number of hydrogen-bond acceptors (Lipinski definition) is 7. The van der Waals surface area contributed by atoms with Gasteiger partial charge in [0, 0.05) is 24.2 Å². The zero-order chi connectivity index (χ0) is 15.4. The van der Waals surface area contributed by atoms with Crippen molar-refractivity contribution in [1.29, 1.82) is 0 Å². The van der Waals surface area contributed by atoms with E-state index in [0.717, 1.165) is 11.1 Å². The second-order valence-corrected chi connectivity index (χ2v) is 4.24. The third kappa shape index (κ3) is 3.07. The SMILES string of the molecule is COc1[c]c(Cc2cnc(N)nc2N)cc(OC)c1OC. The lowest BCUT2D eigenvalue weighted by Gasteiger charge is -2.14. The summed E-state index contributed by atoms with van der Waals surface area (Å²) in [5.74, 6) is 1.99. The molecule has 1 aromatic carbocycles. The van der Waals surface area contributed by atoms with Gasteiger partial charge in [-0.3, -0.25) is 0 Å². The van der Waals surface area contributed by atoms with E-state index in [1.165, 1.54) is 7.11 Å². The van der Waals surface area contributed by atoms with Gasteiger partial charge in [-0.2, -0.15) is 4.98 Å². The van der Waals surface area contributed by atoms with Crippen LogP contribution < -0.4 is 25.7 Å². The third-order valence-corrected chi connectivity index (χ3v) is 2.94. The summed E-state index contributed by atoms with van der Waals surface area (Å²) in [4.78, 5) is 7.87. The smallest absolute Gasteiger partial charge is 0.221 e. The topological polar surface area (TPSA) is 106 Å². The van der Waals surface area contributed by atoms with E-state index in [9.17, 15) is 0 Å². The molecule has 7 nitrogen and oxygen atoms in total. The Morgan fingerprint density at radius 2 is 1.90 bits per heavy atom. The van der Waals surface area contributed by atoms with Crippen LogP contribution in [0.4, 0.5) is 11.8 Å². The normalized spacial score (nSPS) is 10.2. The molecule has 0 aliphatic rings. The van der Waals surface area contributed by atoms with Crippen LogP contribution in [-0.4, -0.2) is 31.3 Å². The van der Waals surface area contributed by atoms with Crippen LogP contribution in [0.25, 0.3) is 0 Å². The molecule has 0 fully saturated rings. The molecule has 2 rings (SSSR count). The molecule has 0 saturated heterocycles. The minimum Gasteiger partial charge on any atom is -0.493 e. The Morgan fingerprint density at radius 3 is 2.48 bits per heavy atom. The second kappa shape index (κ2) is 6.17. The maximum atomic E-state index is 5.83. The first kappa shape index (κ1) is 14.7. The summed E-state index contributed by atoms with van der Waals surface area (Å²) in [6, 6.07) is 4.91. The van der Waals surface area contributed by atoms with E-state index in [4.69, 9.17) is 25.7 Å². The summed E-state index contributed by atoms with van der Waals surface area (Å²) in [6.45, 7) is 0. The van der Waals surface area contributed by atoms with Crippen LogP contribution in [-0.2, 0) is 6.42 Å². The maximum absolute atomic E-state index is 5.83. The van der Waals surface area contributed by atoms with Crippen molar-refractivity contribution in [2.45, 2.75) is 6.42 Å². The maximum Gasteiger partial charge on any atom is 0.221 e. The van der Waals surface area contributed by atoms with Crippen molar-refractivity contribution in [3.63, 3.8) is 0 Å². The lowest BCUT2D eigenvalue weighted by molar-refractivity contribution is 0.323. The summed E-state index contributed by atoms with van der Waals surface area (Å²) in [5.41, 5.74) is 12.9. The van der Waals surface area contributed by atoms with Crippen LogP contribution >= 0.6 is 0 Å². The molecule has 0 aliphatic carbocycles. The Balaban J connectivity index is 2.40. The number of hydrogen-bond donors (Lipinski definition) is 2. The Bertz CT molecular complexity index is 621. The molecule has 21 heavy (non-hydrogen) atoms. The van der Waals surface area contributed by atoms with E-state index < -0.39 is 0 Å². The van der Waals surface area contributed by atoms with E-state index >= 15 is 0 Å². The lowest BCUT2D eigenvalue weighted by atomic mass is 10.1. The van der Waals surface area contributed by atoms with Gasteiger partial charge in [0.25, 0.3) is 0 Å². The van der Waals surface area contributed by atoms with Gasteiger partial charge in [0.15, 0.2) is 11.5 Å². The number of aromatic nitrogens is 2. The van der Waals surface area contributed by atoms with Gasteiger partial charge in [-0.25, -0.2) is 4.98 Å². The second-order valence-electron chi connectivity index (χ2n) is 4.24. The van der Waals surface area contributed by atoms with Crippen molar-refractivity contribution in [3.8, 4) is 17.2 Å². The van der Waals surface area contributed by atoms with Gasteiger partial charge in [-0.05, 0) is 11.6 Å². The van der Waals surface area contributed by atoms with Gasteiger partial charge >= 0.3 is 0 Å². The fraction of sp³-hybridized carbons (Fsp3) is 0.286. The van der Waals surface area contributed by atoms with Gasteiger partial charge in [0.2, 0.25) is 11.7 Å². The molecule has 0 atom stereocenters. The summed E-state index contributed by atoms with van der Waals surface area (Å²) < 4.78 is 15.8. The Hall–Kier alpha value is -2.70. The fourth-order valence-electron chi connectivity index (χ4n) is 1.93. The van der Waals surface area contributed by atoms with Crippen LogP contribution in [0.15, 0.2) is 12.3 Å². The molecule has 7 heteroatoms. The molecule has 0 saturated carbocycles. The Kier molecular flexibility index (Phi) is 4.32. The molecule has 0 bridgehead atoms. The number of benzene rings is 1. The highest BCUT2D eigenvalue weighted by Gasteiger charge is 2.15. The minimum absolute atomic E-state index is 0.144. The molecule has 111 valence electrons. The van der Waals surface area contributed by atoms with Crippen LogP contribution in [0.3, 0.4) is 0 Å². The molecule has 4 N–H and O–H groups in total. The highest BCUT2D eigenvalue weighted by atomic mass is 16.5. The number of ether oxygens (including phenoxy) is 3. The quantitative estimate of drug-likeness (QED) is 0.847. The first-order valence-electron chi connectivity index (χ1n) is 6.17. The van der Waals surface area contributed by atoms with Crippen molar-refractivity contribution in [2.24, 2.45) is 0 Å².